The van der Waals surface area contributed by atoms with E-state index < -0.39 is 0 Å². The minimum atomic E-state index is -0.356. The molecule has 0 bridgehead atoms. The Hall–Kier alpha value is -1.78. The van der Waals surface area contributed by atoms with Crippen LogP contribution >= 0.6 is 11.6 Å². The van der Waals surface area contributed by atoms with Crippen LogP contribution in [-0.4, -0.2) is 13.2 Å². The van der Waals surface area contributed by atoms with Crippen LogP contribution in [0.3, 0.4) is 0 Å². The molecule has 0 spiro atoms. The molecule has 0 atom stereocenters. The van der Waals surface area contributed by atoms with Crippen molar-refractivity contribution in [3.05, 3.63) is 58.4 Å². The molecule has 0 aliphatic heterocycles. The number of rotatable bonds is 13. The molecule has 0 aromatic heterocycles. The molecular weight excluding hydrogens is 377 g/mol. The van der Waals surface area contributed by atoms with Crippen LogP contribution in [0.4, 0.5) is 4.39 Å². The van der Waals surface area contributed by atoms with Crippen molar-refractivity contribution in [3.63, 3.8) is 0 Å². The molecule has 0 fully saturated rings. The zero-order valence-corrected chi connectivity index (χ0v) is 17.7. The molecule has 1 N–H and O–H groups in total. The molecule has 2 aromatic rings. The number of halogens is 2. The molecule has 0 heterocycles. The van der Waals surface area contributed by atoms with Gasteiger partial charge < -0.3 is 14.8 Å². The maximum absolute atomic E-state index is 13.2. The molecule has 0 radical (unpaired) electrons. The first-order chi connectivity index (χ1) is 13.6. The van der Waals surface area contributed by atoms with E-state index >= 15 is 0 Å². The van der Waals surface area contributed by atoms with Crippen molar-refractivity contribution in [1.29, 1.82) is 0 Å². The average Bonchev–Trinajstić information content (AvgIpc) is 2.68. The van der Waals surface area contributed by atoms with Gasteiger partial charge in [0.15, 0.2) is 11.5 Å². The first-order valence-electron chi connectivity index (χ1n) is 10.2. The average molecular weight is 408 g/mol. The fourth-order valence-electron chi connectivity index (χ4n) is 2.93. The largest absolute Gasteiger partial charge is 0.490 e. The smallest absolute Gasteiger partial charge is 0.161 e. The lowest BCUT2D eigenvalue weighted by Gasteiger charge is -2.14. The van der Waals surface area contributed by atoms with E-state index in [1.807, 2.05) is 25.1 Å². The van der Waals surface area contributed by atoms with Crippen molar-refractivity contribution in [1.82, 2.24) is 5.32 Å². The molecule has 5 heteroatoms. The molecule has 0 aliphatic rings. The van der Waals surface area contributed by atoms with Gasteiger partial charge in [-0.2, -0.15) is 0 Å². The predicted molar refractivity (Wildman–Crippen MR) is 114 cm³/mol. The Morgan fingerprint density at radius 1 is 0.929 bits per heavy atom. The minimum absolute atomic E-state index is 0.258. The Labute approximate surface area is 173 Å². The molecule has 0 amide bonds. The molecule has 3 nitrogen and oxygen atoms in total. The van der Waals surface area contributed by atoms with Gasteiger partial charge in [-0.05, 0) is 49.7 Å². The second kappa shape index (κ2) is 12.6. The van der Waals surface area contributed by atoms with Crippen molar-refractivity contribution < 1.29 is 13.9 Å². The van der Waals surface area contributed by atoms with Crippen LogP contribution in [0.2, 0.25) is 5.02 Å². The summed E-state index contributed by atoms with van der Waals surface area (Å²) in [7, 11) is 0. The number of ether oxygens (including phenoxy) is 2. The zero-order valence-electron chi connectivity index (χ0n) is 16.9. The summed E-state index contributed by atoms with van der Waals surface area (Å²) in [6.45, 7) is 6.82. The van der Waals surface area contributed by atoms with Crippen LogP contribution in [0.25, 0.3) is 0 Å². The molecule has 2 aromatic carbocycles. The van der Waals surface area contributed by atoms with Crippen LogP contribution in [0.5, 0.6) is 11.5 Å². The lowest BCUT2D eigenvalue weighted by Crippen LogP contribution is -2.14. The molecule has 154 valence electrons. The minimum Gasteiger partial charge on any atom is -0.490 e. The van der Waals surface area contributed by atoms with E-state index in [0.717, 1.165) is 24.2 Å². The third kappa shape index (κ3) is 7.69. The summed E-state index contributed by atoms with van der Waals surface area (Å²) < 4.78 is 24.8. The molecule has 2 rings (SSSR count). The van der Waals surface area contributed by atoms with Crippen LogP contribution < -0.4 is 14.8 Å². The van der Waals surface area contributed by atoms with Gasteiger partial charge in [0, 0.05) is 12.1 Å². The SMILES string of the molecule is CCCCCCCNCc1ccc(OCc2ccc(F)cc2Cl)c(OCC)c1. The summed E-state index contributed by atoms with van der Waals surface area (Å²) in [6.07, 6.45) is 6.40. The van der Waals surface area contributed by atoms with E-state index in [-0.39, 0.29) is 12.4 Å². The third-order valence-electron chi connectivity index (χ3n) is 4.49. The first kappa shape index (κ1) is 22.5. The number of hydrogen-bond donors (Lipinski definition) is 1. The van der Waals surface area contributed by atoms with E-state index in [0.29, 0.717) is 23.1 Å². The fourth-order valence-corrected chi connectivity index (χ4v) is 3.15. The Bertz CT molecular complexity index is 724. The fraction of sp³-hybridized carbons (Fsp3) is 0.478. The van der Waals surface area contributed by atoms with Crippen LogP contribution in [-0.2, 0) is 13.2 Å². The van der Waals surface area contributed by atoms with Crippen molar-refractivity contribution in [2.45, 2.75) is 59.1 Å². The van der Waals surface area contributed by atoms with Gasteiger partial charge in [0.25, 0.3) is 0 Å². The second-order valence-electron chi connectivity index (χ2n) is 6.83. The van der Waals surface area contributed by atoms with Crippen LogP contribution in [0.1, 0.15) is 57.1 Å². The molecular formula is C23H31ClFNO2. The highest BCUT2D eigenvalue weighted by Crippen LogP contribution is 2.30. The van der Waals surface area contributed by atoms with Crippen molar-refractivity contribution in [2.75, 3.05) is 13.2 Å². The van der Waals surface area contributed by atoms with Crippen LogP contribution in [0.15, 0.2) is 36.4 Å². The van der Waals surface area contributed by atoms with E-state index in [1.165, 1.54) is 44.2 Å². The Balaban J connectivity index is 1.88. The number of benzene rings is 2. The summed E-state index contributed by atoms with van der Waals surface area (Å²) in [6, 6.07) is 10.3. The lowest BCUT2D eigenvalue weighted by atomic mass is 10.1. The van der Waals surface area contributed by atoms with Gasteiger partial charge in [-0.1, -0.05) is 56.3 Å². The van der Waals surface area contributed by atoms with E-state index in [1.54, 1.807) is 6.07 Å². The molecule has 28 heavy (non-hydrogen) atoms. The lowest BCUT2D eigenvalue weighted by molar-refractivity contribution is 0.269. The summed E-state index contributed by atoms with van der Waals surface area (Å²) in [5.74, 6) is 1.01. The Morgan fingerprint density at radius 3 is 2.50 bits per heavy atom. The van der Waals surface area contributed by atoms with Crippen molar-refractivity contribution in [3.8, 4) is 11.5 Å². The second-order valence-corrected chi connectivity index (χ2v) is 7.24. The van der Waals surface area contributed by atoms with Crippen molar-refractivity contribution >= 4 is 11.6 Å². The molecule has 0 aliphatic carbocycles. The summed E-state index contributed by atoms with van der Waals surface area (Å²) in [5, 5.41) is 3.85. The van der Waals surface area contributed by atoms with Crippen LogP contribution in [0, 0.1) is 5.82 Å². The zero-order chi connectivity index (χ0) is 20.2. The summed E-state index contributed by atoms with van der Waals surface area (Å²) >= 11 is 6.07. The first-order valence-corrected chi connectivity index (χ1v) is 10.5. The number of hydrogen-bond acceptors (Lipinski definition) is 3. The molecule has 0 unspecified atom stereocenters. The van der Waals surface area contributed by atoms with E-state index in [2.05, 4.69) is 12.2 Å². The molecule has 0 saturated heterocycles. The van der Waals surface area contributed by atoms with Crippen molar-refractivity contribution in [2.24, 2.45) is 0 Å². The maximum Gasteiger partial charge on any atom is 0.161 e. The number of nitrogens with one attached hydrogen (secondary N) is 1. The Kier molecular flexibility index (Phi) is 10.2. The number of unbranched alkanes of at least 4 members (excludes halogenated alkanes) is 4. The van der Waals surface area contributed by atoms with Gasteiger partial charge in [0.1, 0.15) is 12.4 Å². The summed E-state index contributed by atoms with van der Waals surface area (Å²) in [5.41, 5.74) is 1.89. The van der Waals surface area contributed by atoms with E-state index in [4.69, 9.17) is 21.1 Å². The van der Waals surface area contributed by atoms with Gasteiger partial charge in [-0.25, -0.2) is 4.39 Å². The normalized spacial score (nSPS) is 10.9. The monoisotopic (exact) mass is 407 g/mol. The summed E-state index contributed by atoms with van der Waals surface area (Å²) in [4.78, 5) is 0. The third-order valence-corrected chi connectivity index (χ3v) is 4.84. The standard InChI is InChI=1S/C23H31ClFNO2/c1-3-5-6-7-8-13-26-16-18-9-12-22(23(14-18)27-4-2)28-17-19-10-11-20(25)15-21(19)24/h9-12,14-15,26H,3-8,13,16-17H2,1-2H3. The van der Waals surface area contributed by atoms with Gasteiger partial charge in [-0.3, -0.25) is 0 Å². The molecule has 0 saturated carbocycles. The highest BCUT2D eigenvalue weighted by molar-refractivity contribution is 6.31. The highest BCUT2D eigenvalue weighted by atomic mass is 35.5. The Morgan fingerprint density at radius 2 is 1.75 bits per heavy atom. The quantitative estimate of drug-likeness (QED) is 0.383. The van der Waals surface area contributed by atoms with Gasteiger partial charge in [-0.15, -0.1) is 0 Å². The van der Waals surface area contributed by atoms with Gasteiger partial charge in [0.2, 0.25) is 0 Å². The van der Waals surface area contributed by atoms with Gasteiger partial charge >= 0.3 is 0 Å². The van der Waals surface area contributed by atoms with Gasteiger partial charge in [0.05, 0.1) is 11.6 Å². The maximum atomic E-state index is 13.2. The predicted octanol–water partition coefficient (Wildman–Crippen LogP) is 6.52. The van der Waals surface area contributed by atoms with E-state index in [9.17, 15) is 4.39 Å². The highest BCUT2D eigenvalue weighted by Gasteiger charge is 2.09. The topological polar surface area (TPSA) is 30.5 Å².